The molecule has 0 unspecified atom stereocenters. The van der Waals surface area contributed by atoms with E-state index in [9.17, 15) is 9.59 Å². The minimum absolute atomic E-state index is 0.106. The number of amides is 1. The highest BCUT2D eigenvalue weighted by atomic mass is 16.6. The van der Waals surface area contributed by atoms with Gasteiger partial charge in [-0.25, -0.2) is 4.79 Å². The van der Waals surface area contributed by atoms with E-state index in [0.717, 1.165) is 18.4 Å². The summed E-state index contributed by atoms with van der Waals surface area (Å²) < 4.78 is 5.38. The van der Waals surface area contributed by atoms with E-state index >= 15 is 0 Å². The topological polar surface area (TPSA) is 66.8 Å². The van der Waals surface area contributed by atoms with Crippen LogP contribution < -0.4 is 0 Å². The number of benzene rings is 1. The average Bonchev–Trinajstić information content (AvgIpc) is 2.99. The highest BCUT2D eigenvalue weighted by Crippen LogP contribution is 2.53. The number of ether oxygens (including phenoxy) is 1. The Balaban J connectivity index is 1.58. The molecule has 1 aromatic rings. The molecule has 2 saturated heterocycles. The summed E-state index contributed by atoms with van der Waals surface area (Å²) in [6.45, 7) is 0.961. The fourth-order valence-electron chi connectivity index (χ4n) is 3.56. The number of fused-ring (bicyclic) bond motifs is 1. The van der Waals surface area contributed by atoms with E-state index in [1.807, 2.05) is 30.3 Å². The first kappa shape index (κ1) is 13.9. The number of aliphatic carboxylic acids is 1. The summed E-state index contributed by atoms with van der Waals surface area (Å²) in [5.41, 5.74) is 0.689. The fourth-order valence-corrected chi connectivity index (χ4v) is 3.56. The molecule has 112 valence electrons. The number of hydrogen-bond acceptors (Lipinski definition) is 3. The smallest absolute Gasteiger partial charge is 0.410 e. The molecule has 0 spiro atoms. The van der Waals surface area contributed by atoms with Gasteiger partial charge in [0.15, 0.2) is 0 Å². The molecule has 0 radical (unpaired) electrons. The fraction of sp³-hybridized carbons (Fsp3) is 0.500. The molecule has 4 rings (SSSR count). The summed E-state index contributed by atoms with van der Waals surface area (Å²) in [6, 6.07) is 9.56. The highest BCUT2D eigenvalue weighted by Gasteiger charge is 2.57. The van der Waals surface area contributed by atoms with Crippen LogP contribution in [0.4, 0.5) is 4.79 Å². The van der Waals surface area contributed by atoms with E-state index in [1.165, 1.54) is 0 Å². The molecule has 3 aliphatic rings. The van der Waals surface area contributed by atoms with Gasteiger partial charge in [-0.05, 0) is 30.7 Å². The number of carbonyl (C=O) groups excluding carboxylic acids is 1. The number of rotatable bonds is 5. The molecule has 2 heterocycles. The van der Waals surface area contributed by atoms with Crippen LogP contribution in [0.2, 0.25) is 0 Å². The summed E-state index contributed by atoms with van der Waals surface area (Å²) in [6.07, 6.45) is 2.15. The Kier molecular flexibility index (Phi) is 3.57. The van der Waals surface area contributed by atoms with Gasteiger partial charge in [0.05, 0.1) is 0 Å². The molecule has 5 nitrogen and oxygen atoms in total. The second-order valence-electron chi connectivity index (χ2n) is 6.04. The minimum Gasteiger partial charge on any atom is -0.481 e. The molecule has 2 aliphatic heterocycles. The summed E-state index contributed by atoms with van der Waals surface area (Å²) >= 11 is 0. The lowest BCUT2D eigenvalue weighted by Gasteiger charge is -2.41. The second-order valence-corrected chi connectivity index (χ2v) is 6.04. The van der Waals surface area contributed by atoms with Crippen LogP contribution in [0.5, 0.6) is 0 Å². The van der Waals surface area contributed by atoms with E-state index in [-0.39, 0.29) is 24.7 Å². The zero-order chi connectivity index (χ0) is 14.9. The van der Waals surface area contributed by atoms with Crippen LogP contribution in [0.1, 0.15) is 31.2 Å². The number of carboxylic acids is 1. The Morgan fingerprint density at radius 1 is 1.29 bits per heavy atom. The third-order valence-corrected chi connectivity index (χ3v) is 4.58. The van der Waals surface area contributed by atoms with Gasteiger partial charge < -0.3 is 14.7 Å². The van der Waals surface area contributed by atoms with Gasteiger partial charge in [0.25, 0.3) is 0 Å². The van der Waals surface area contributed by atoms with Crippen molar-refractivity contribution in [1.29, 1.82) is 0 Å². The SMILES string of the molecule is O=C(O)CCC12CC(CN1C(=O)OCc1ccccc1)C2. The van der Waals surface area contributed by atoms with Crippen LogP contribution in [0.15, 0.2) is 30.3 Å². The maximum Gasteiger partial charge on any atom is 0.410 e. The van der Waals surface area contributed by atoms with Crippen molar-refractivity contribution in [3.8, 4) is 0 Å². The molecule has 1 N–H and O–H groups in total. The lowest BCUT2D eigenvalue weighted by molar-refractivity contribution is -0.138. The van der Waals surface area contributed by atoms with Gasteiger partial charge in [0, 0.05) is 18.5 Å². The molecule has 1 aromatic carbocycles. The number of hydrogen-bond donors (Lipinski definition) is 1. The zero-order valence-corrected chi connectivity index (χ0v) is 11.8. The lowest BCUT2D eigenvalue weighted by atomic mass is 9.71. The summed E-state index contributed by atoms with van der Waals surface area (Å²) in [7, 11) is 0. The molecular weight excluding hydrogens is 270 g/mol. The van der Waals surface area contributed by atoms with Crippen molar-refractivity contribution in [2.24, 2.45) is 5.92 Å². The molecule has 2 bridgehead atoms. The molecule has 5 heteroatoms. The van der Waals surface area contributed by atoms with Gasteiger partial charge in [0.1, 0.15) is 6.61 Å². The van der Waals surface area contributed by atoms with Crippen LogP contribution in [0.3, 0.4) is 0 Å². The van der Waals surface area contributed by atoms with E-state index in [2.05, 4.69) is 0 Å². The molecule has 3 fully saturated rings. The van der Waals surface area contributed by atoms with Gasteiger partial charge >= 0.3 is 12.1 Å². The number of nitrogens with zero attached hydrogens (tertiary/aromatic N) is 1. The first-order chi connectivity index (χ1) is 10.1. The van der Waals surface area contributed by atoms with Crippen LogP contribution in [-0.2, 0) is 16.1 Å². The van der Waals surface area contributed by atoms with E-state index < -0.39 is 5.97 Å². The van der Waals surface area contributed by atoms with Gasteiger partial charge in [0.2, 0.25) is 0 Å². The maximum absolute atomic E-state index is 12.3. The van der Waals surface area contributed by atoms with Crippen LogP contribution in [0.25, 0.3) is 0 Å². The highest BCUT2D eigenvalue weighted by molar-refractivity contribution is 5.71. The molecule has 21 heavy (non-hydrogen) atoms. The predicted molar refractivity (Wildman–Crippen MR) is 75.7 cm³/mol. The minimum atomic E-state index is -0.808. The summed E-state index contributed by atoms with van der Waals surface area (Å²) in [4.78, 5) is 24.8. The number of carboxylic acid groups (broad SMARTS) is 1. The molecule has 0 atom stereocenters. The zero-order valence-electron chi connectivity index (χ0n) is 11.8. The van der Waals surface area contributed by atoms with Crippen LogP contribution in [0, 0.1) is 5.92 Å². The molecule has 1 saturated carbocycles. The Hall–Kier alpha value is -2.04. The Labute approximate surface area is 123 Å². The largest absolute Gasteiger partial charge is 0.481 e. The molecule has 1 aliphatic carbocycles. The van der Waals surface area contributed by atoms with Crippen molar-refractivity contribution in [3.63, 3.8) is 0 Å². The predicted octanol–water partition coefficient (Wildman–Crippen LogP) is 2.65. The first-order valence-electron chi connectivity index (χ1n) is 7.29. The Morgan fingerprint density at radius 3 is 2.67 bits per heavy atom. The van der Waals surface area contributed by atoms with Crippen molar-refractivity contribution in [2.45, 2.75) is 37.8 Å². The Bertz CT molecular complexity index is 536. The van der Waals surface area contributed by atoms with Crippen LogP contribution >= 0.6 is 0 Å². The lowest BCUT2D eigenvalue weighted by Crippen LogP contribution is -2.48. The monoisotopic (exact) mass is 289 g/mol. The molecule has 1 amide bonds. The normalized spacial score (nSPS) is 26.3. The summed E-state index contributed by atoms with van der Waals surface area (Å²) in [5, 5.41) is 8.85. The van der Waals surface area contributed by atoms with Crippen molar-refractivity contribution >= 4 is 12.1 Å². The van der Waals surface area contributed by atoms with Crippen molar-refractivity contribution < 1.29 is 19.4 Å². The average molecular weight is 289 g/mol. The second kappa shape index (κ2) is 5.39. The van der Waals surface area contributed by atoms with Crippen molar-refractivity contribution in [2.75, 3.05) is 6.54 Å². The summed E-state index contributed by atoms with van der Waals surface area (Å²) in [5.74, 6) is -0.291. The van der Waals surface area contributed by atoms with E-state index in [4.69, 9.17) is 9.84 Å². The van der Waals surface area contributed by atoms with Gasteiger partial charge in [-0.2, -0.15) is 0 Å². The quantitative estimate of drug-likeness (QED) is 0.905. The van der Waals surface area contributed by atoms with Gasteiger partial charge in [-0.1, -0.05) is 30.3 Å². The molecule has 0 aromatic heterocycles. The molecular formula is C16H19NO4. The van der Waals surface area contributed by atoms with E-state index in [1.54, 1.807) is 4.90 Å². The number of carbonyl (C=O) groups is 2. The van der Waals surface area contributed by atoms with Crippen LogP contribution in [-0.4, -0.2) is 34.2 Å². The van der Waals surface area contributed by atoms with Gasteiger partial charge in [-0.3, -0.25) is 4.79 Å². The van der Waals surface area contributed by atoms with Crippen molar-refractivity contribution in [3.05, 3.63) is 35.9 Å². The van der Waals surface area contributed by atoms with Crippen molar-refractivity contribution in [1.82, 2.24) is 4.90 Å². The Morgan fingerprint density at radius 2 is 2.00 bits per heavy atom. The third kappa shape index (κ3) is 2.73. The van der Waals surface area contributed by atoms with E-state index in [0.29, 0.717) is 18.9 Å². The standard InChI is InChI=1S/C16H19NO4/c18-14(19)6-7-16-8-13(9-16)10-17(16)15(20)21-11-12-4-2-1-3-5-12/h1-5,13H,6-11H2,(H,18,19). The first-order valence-corrected chi connectivity index (χ1v) is 7.29. The van der Waals surface area contributed by atoms with Gasteiger partial charge in [-0.15, -0.1) is 0 Å². The maximum atomic E-state index is 12.3. The third-order valence-electron chi connectivity index (χ3n) is 4.58.